The quantitative estimate of drug-likeness (QED) is 0.382. The van der Waals surface area contributed by atoms with Crippen molar-refractivity contribution < 1.29 is 19.4 Å². The Balaban J connectivity index is 1.64. The summed E-state index contributed by atoms with van der Waals surface area (Å²) >= 11 is 0. The lowest BCUT2D eigenvalue weighted by atomic mass is 10.1. The van der Waals surface area contributed by atoms with Crippen molar-refractivity contribution in [1.82, 2.24) is 4.57 Å². The Morgan fingerprint density at radius 1 is 1.03 bits per heavy atom. The van der Waals surface area contributed by atoms with Crippen LogP contribution in [0.3, 0.4) is 0 Å². The van der Waals surface area contributed by atoms with E-state index in [0.29, 0.717) is 18.0 Å². The van der Waals surface area contributed by atoms with Crippen molar-refractivity contribution in [3.8, 4) is 5.75 Å². The molecule has 0 aliphatic rings. The third-order valence-corrected chi connectivity index (χ3v) is 4.72. The van der Waals surface area contributed by atoms with E-state index in [1.165, 1.54) is 12.5 Å². The van der Waals surface area contributed by atoms with Gasteiger partial charge in [0.25, 0.3) is 0 Å². The van der Waals surface area contributed by atoms with Crippen LogP contribution in [0.25, 0.3) is 12.2 Å². The Kier molecular flexibility index (Phi) is 7.22. The van der Waals surface area contributed by atoms with E-state index in [1.807, 2.05) is 78.4 Å². The smallest absolute Gasteiger partial charge is 0.344 e. The molecule has 3 rings (SSSR count). The maximum absolute atomic E-state index is 12.6. The summed E-state index contributed by atoms with van der Waals surface area (Å²) in [7, 11) is 0. The molecule has 0 spiro atoms. The summed E-state index contributed by atoms with van der Waals surface area (Å²) in [6.45, 7) is 4.05. The van der Waals surface area contributed by atoms with E-state index >= 15 is 0 Å². The van der Waals surface area contributed by atoms with Crippen LogP contribution in [0, 0.1) is 6.92 Å². The number of ketones is 1. The highest BCUT2D eigenvalue weighted by Crippen LogP contribution is 2.16. The fourth-order valence-corrected chi connectivity index (χ4v) is 2.98. The van der Waals surface area contributed by atoms with E-state index in [2.05, 4.69) is 0 Å². The Morgan fingerprint density at radius 3 is 2.55 bits per heavy atom. The van der Waals surface area contributed by atoms with Gasteiger partial charge in [-0.2, -0.15) is 0 Å². The van der Waals surface area contributed by atoms with Crippen molar-refractivity contribution in [3.63, 3.8) is 0 Å². The van der Waals surface area contributed by atoms with Gasteiger partial charge in [-0.3, -0.25) is 4.79 Å². The first-order chi connectivity index (χ1) is 14.9. The number of carboxylic acids is 1. The first-order valence-corrected chi connectivity index (χ1v) is 10.0. The summed E-state index contributed by atoms with van der Waals surface area (Å²) in [5, 5.41) is 8.97. The number of rotatable bonds is 9. The average molecular weight is 415 g/mol. The molecule has 0 aliphatic carbocycles. The van der Waals surface area contributed by atoms with Crippen molar-refractivity contribution in [3.05, 3.63) is 101 Å². The van der Waals surface area contributed by atoms with Crippen LogP contribution in [0.1, 0.15) is 34.1 Å². The molecule has 1 heterocycles. The van der Waals surface area contributed by atoms with Gasteiger partial charge in [0.15, 0.2) is 6.10 Å². The van der Waals surface area contributed by atoms with E-state index in [9.17, 15) is 9.59 Å². The number of carboxylic acid groups (broad SMARTS) is 1. The molecule has 2 aromatic carbocycles. The van der Waals surface area contributed by atoms with Gasteiger partial charge in [0.1, 0.15) is 5.75 Å². The number of benzene rings is 2. The van der Waals surface area contributed by atoms with Crippen LogP contribution in [0.5, 0.6) is 5.75 Å². The second kappa shape index (κ2) is 10.3. The lowest BCUT2D eigenvalue weighted by Gasteiger charge is -2.10. The number of carbonyl (C=O) groups is 2. The Hall–Kier alpha value is -3.86. The van der Waals surface area contributed by atoms with Gasteiger partial charge in [0.2, 0.25) is 5.78 Å². The van der Waals surface area contributed by atoms with Crippen molar-refractivity contribution >= 4 is 23.9 Å². The SMILES string of the molecule is Cc1ccc(/C=C/C(=O)c2cccn2C/C=C/c2cccc(O[C@@H](C)C(=O)O)c2)cc1. The predicted molar refractivity (Wildman–Crippen MR) is 122 cm³/mol. The molecular formula is C26H25NO4. The van der Waals surface area contributed by atoms with Crippen LogP contribution >= 0.6 is 0 Å². The zero-order valence-corrected chi connectivity index (χ0v) is 17.6. The number of aromatic nitrogens is 1. The zero-order valence-electron chi connectivity index (χ0n) is 17.6. The zero-order chi connectivity index (χ0) is 22.2. The Labute approximate surface area is 181 Å². The number of nitrogens with zero attached hydrogens (tertiary/aromatic N) is 1. The molecule has 5 heteroatoms. The lowest BCUT2D eigenvalue weighted by molar-refractivity contribution is -0.144. The van der Waals surface area contributed by atoms with Crippen LogP contribution in [0.2, 0.25) is 0 Å². The number of ether oxygens (including phenoxy) is 1. The molecule has 158 valence electrons. The molecule has 0 amide bonds. The first kappa shape index (κ1) is 21.8. The van der Waals surface area contributed by atoms with Gasteiger partial charge < -0.3 is 14.4 Å². The highest BCUT2D eigenvalue weighted by molar-refractivity contribution is 6.05. The van der Waals surface area contributed by atoms with E-state index < -0.39 is 12.1 Å². The molecule has 31 heavy (non-hydrogen) atoms. The molecule has 0 saturated heterocycles. The lowest BCUT2D eigenvalue weighted by Crippen LogP contribution is -2.22. The highest BCUT2D eigenvalue weighted by atomic mass is 16.5. The Bertz CT molecular complexity index is 1110. The topological polar surface area (TPSA) is 68.5 Å². The third-order valence-electron chi connectivity index (χ3n) is 4.72. The molecule has 0 bridgehead atoms. The summed E-state index contributed by atoms with van der Waals surface area (Å²) < 4.78 is 7.28. The fraction of sp³-hybridized carbons (Fsp3) is 0.154. The minimum atomic E-state index is -1.01. The fourth-order valence-electron chi connectivity index (χ4n) is 2.98. The van der Waals surface area contributed by atoms with Crippen molar-refractivity contribution in [2.45, 2.75) is 26.5 Å². The number of aryl methyl sites for hydroxylation is 1. The number of hydrogen-bond acceptors (Lipinski definition) is 3. The van der Waals surface area contributed by atoms with Gasteiger partial charge in [0, 0.05) is 12.7 Å². The second-order valence-corrected chi connectivity index (χ2v) is 7.23. The summed E-state index contributed by atoms with van der Waals surface area (Å²) in [5.74, 6) is -0.575. The van der Waals surface area contributed by atoms with Gasteiger partial charge in [0.05, 0.1) is 5.69 Å². The molecule has 0 radical (unpaired) electrons. The minimum Gasteiger partial charge on any atom is -0.479 e. The summed E-state index contributed by atoms with van der Waals surface area (Å²) in [4.78, 5) is 23.6. The molecule has 0 fully saturated rings. The molecule has 5 nitrogen and oxygen atoms in total. The van der Waals surface area contributed by atoms with Gasteiger partial charge in [-0.1, -0.05) is 60.2 Å². The minimum absolute atomic E-state index is 0.0583. The number of hydrogen-bond donors (Lipinski definition) is 1. The van der Waals surface area contributed by atoms with E-state index in [1.54, 1.807) is 24.3 Å². The largest absolute Gasteiger partial charge is 0.479 e. The number of aliphatic carboxylic acids is 1. The third kappa shape index (κ3) is 6.31. The van der Waals surface area contributed by atoms with Gasteiger partial charge in [-0.15, -0.1) is 0 Å². The maximum atomic E-state index is 12.6. The van der Waals surface area contributed by atoms with Gasteiger partial charge in [-0.25, -0.2) is 4.79 Å². The number of carbonyl (C=O) groups excluding carboxylic acids is 1. The van der Waals surface area contributed by atoms with Crippen LogP contribution < -0.4 is 4.74 Å². The van der Waals surface area contributed by atoms with Crippen LogP contribution in [0.4, 0.5) is 0 Å². The maximum Gasteiger partial charge on any atom is 0.344 e. The van der Waals surface area contributed by atoms with Crippen LogP contribution in [-0.2, 0) is 11.3 Å². The molecule has 1 N–H and O–H groups in total. The predicted octanol–water partition coefficient (Wildman–Crippen LogP) is 5.26. The highest BCUT2D eigenvalue weighted by Gasteiger charge is 2.12. The molecule has 1 atom stereocenters. The van der Waals surface area contributed by atoms with E-state index in [0.717, 1.165) is 11.1 Å². The Morgan fingerprint density at radius 2 is 1.81 bits per heavy atom. The van der Waals surface area contributed by atoms with Crippen molar-refractivity contribution in [1.29, 1.82) is 0 Å². The molecule has 0 unspecified atom stereocenters. The normalized spacial score (nSPS) is 12.3. The van der Waals surface area contributed by atoms with Crippen LogP contribution in [-0.4, -0.2) is 27.5 Å². The molecule has 0 aliphatic heterocycles. The van der Waals surface area contributed by atoms with Crippen LogP contribution in [0.15, 0.2) is 79.0 Å². The molecule has 0 saturated carbocycles. The van der Waals surface area contributed by atoms with Gasteiger partial charge in [-0.05, 0) is 55.3 Å². The monoisotopic (exact) mass is 415 g/mol. The molecule has 3 aromatic rings. The van der Waals surface area contributed by atoms with Gasteiger partial charge >= 0.3 is 5.97 Å². The standard InChI is InChI=1S/C26H25NO4/c1-19-10-12-21(13-11-19)14-15-25(28)24-9-5-17-27(24)16-4-7-22-6-3-8-23(18-22)31-20(2)26(29)30/h3-15,17-18,20H,16H2,1-2H3,(H,29,30)/b7-4+,15-14+/t20-/m0/s1. The second-order valence-electron chi connectivity index (χ2n) is 7.23. The van der Waals surface area contributed by atoms with Crippen molar-refractivity contribution in [2.24, 2.45) is 0 Å². The summed E-state index contributed by atoms with van der Waals surface area (Å²) in [6.07, 6.45) is 8.21. The number of allylic oxidation sites excluding steroid dienone is 2. The molecular weight excluding hydrogens is 390 g/mol. The summed E-state index contributed by atoms with van der Waals surface area (Å²) in [6, 6.07) is 18.9. The van der Waals surface area contributed by atoms with Crippen molar-refractivity contribution in [2.75, 3.05) is 0 Å². The molecule has 1 aromatic heterocycles. The first-order valence-electron chi connectivity index (χ1n) is 10.0. The summed E-state index contributed by atoms with van der Waals surface area (Å²) in [5.41, 5.74) is 3.66. The average Bonchev–Trinajstić information content (AvgIpc) is 3.22. The van der Waals surface area contributed by atoms with E-state index in [-0.39, 0.29) is 5.78 Å². The van der Waals surface area contributed by atoms with E-state index in [4.69, 9.17) is 9.84 Å².